The quantitative estimate of drug-likeness (QED) is 0.646. The summed E-state index contributed by atoms with van der Waals surface area (Å²) in [6.07, 6.45) is 0. The zero-order chi connectivity index (χ0) is 18.9. The fraction of sp³-hybridized carbons (Fsp3) is 0.222. The van der Waals surface area contributed by atoms with Crippen LogP contribution in [0.3, 0.4) is 0 Å². The third-order valence-electron chi connectivity index (χ3n) is 3.25. The average molecular weight is 380 g/mol. The van der Waals surface area contributed by atoms with Gasteiger partial charge in [0.25, 0.3) is 0 Å². The van der Waals surface area contributed by atoms with Crippen LogP contribution in [0.25, 0.3) is 0 Å². The van der Waals surface area contributed by atoms with E-state index in [1.54, 1.807) is 30.3 Å². The first-order valence-corrected chi connectivity index (χ1v) is 8.28. The number of nitrogens with one attached hydrogen (secondary N) is 3. The number of carbonyl (C=O) groups excluding carboxylic acids is 2. The summed E-state index contributed by atoms with van der Waals surface area (Å²) in [5, 5.41) is 7.96. The minimum absolute atomic E-state index is 0.0135. The lowest BCUT2D eigenvalue weighted by molar-refractivity contribution is -0.114. The lowest BCUT2D eigenvalue weighted by Crippen LogP contribution is -2.37. The van der Waals surface area contributed by atoms with Gasteiger partial charge in [-0.2, -0.15) is 0 Å². The second-order valence-corrected chi connectivity index (χ2v) is 5.82. The molecule has 2 aromatic carbocycles. The van der Waals surface area contributed by atoms with E-state index >= 15 is 0 Å². The number of benzene rings is 2. The van der Waals surface area contributed by atoms with E-state index in [-0.39, 0.29) is 30.1 Å². The summed E-state index contributed by atoms with van der Waals surface area (Å²) in [4.78, 5) is 22.7. The third kappa shape index (κ3) is 6.60. The number of hydrogen-bond donors (Lipinski definition) is 3. The summed E-state index contributed by atoms with van der Waals surface area (Å²) in [5.41, 5.74) is 1.33. The topological polar surface area (TPSA) is 79.5 Å². The molecule has 0 unspecified atom stereocenters. The Morgan fingerprint density at radius 1 is 1.15 bits per heavy atom. The predicted octanol–water partition coefficient (Wildman–Crippen LogP) is 3.32. The molecule has 0 bridgehead atoms. The van der Waals surface area contributed by atoms with Gasteiger partial charge in [-0.25, -0.2) is 9.18 Å². The van der Waals surface area contributed by atoms with Crippen LogP contribution in [0, 0.1) is 5.82 Å². The first-order valence-electron chi connectivity index (χ1n) is 7.90. The van der Waals surface area contributed by atoms with Crippen LogP contribution in [0.4, 0.5) is 14.9 Å². The molecule has 2 aromatic rings. The molecular formula is C18H19ClFN3O3. The van der Waals surface area contributed by atoms with Crippen LogP contribution in [0.1, 0.15) is 12.5 Å². The summed E-state index contributed by atoms with van der Waals surface area (Å²) < 4.78 is 18.6. The minimum Gasteiger partial charge on any atom is -0.492 e. The highest BCUT2D eigenvalue weighted by molar-refractivity contribution is 6.30. The van der Waals surface area contributed by atoms with Gasteiger partial charge in [0.1, 0.15) is 18.2 Å². The molecule has 3 N–H and O–H groups in total. The number of urea groups is 1. The van der Waals surface area contributed by atoms with E-state index in [1.807, 2.05) is 0 Å². The van der Waals surface area contributed by atoms with Crippen molar-refractivity contribution in [2.24, 2.45) is 0 Å². The van der Waals surface area contributed by atoms with Gasteiger partial charge in [0.15, 0.2) is 0 Å². The molecule has 0 aromatic heterocycles. The molecule has 0 heterocycles. The molecule has 0 fully saturated rings. The SMILES string of the molecule is CC(=O)Nc1cccc(OCCNC(=O)NCc2ccc(F)c(Cl)c2)c1. The fourth-order valence-electron chi connectivity index (χ4n) is 2.09. The second-order valence-electron chi connectivity index (χ2n) is 5.42. The van der Waals surface area contributed by atoms with Crippen LogP contribution in [-0.2, 0) is 11.3 Å². The molecule has 0 spiro atoms. The molecule has 0 aliphatic carbocycles. The van der Waals surface area contributed by atoms with Crippen molar-refractivity contribution in [2.75, 3.05) is 18.5 Å². The molecule has 0 atom stereocenters. The van der Waals surface area contributed by atoms with E-state index in [2.05, 4.69) is 16.0 Å². The molecule has 3 amide bonds. The molecule has 2 rings (SSSR count). The second kappa shape index (κ2) is 9.62. The Kier molecular flexibility index (Phi) is 7.23. The Bertz CT molecular complexity index is 786. The highest BCUT2D eigenvalue weighted by atomic mass is 35.5. The van der Waals surface area contributed by atoms with Gasteiger partial charge in [-0.15, -0.1) is 0 Å². The van der Waals surface area contributed by atoms with Crippen molar-refractivity contribution >= 4 is 29.2 Å². The van der Waals surface area contributed by atoms with Crippen LogP contribution in [0.2, 0.25) is 5.02 Å². The first-order chi connectivity index (χ1) is 12.4. The molecule has 0 aliphatic rings. The average Bonchev–Trinajstić information content (AvgIpc) is 2.59. The van der Waals surface area contributed by atoms with E-state index in [0.717, 1.165) is 0 Å². The molecule has 26 heavy (non-hydrogen) atoms. The van der Waals surface area contributed by atoms with Crippen molar-refractivity contribution in [3.63, 3.8) is 0 Å². The highest BCUT2D eigenvalue weighted by Gasteiger charge is 2.04. The van der Waals surface area contributed by atoms with Crippen molar-refractivity contribution in [3.8, 4) is 5.75 Å². The van der Waals surface area contributed by atoms with Crippen molar-refractivity contribution in [1.29, 1.82) is 0 Å². The van der Waals surface area contributed by atoms with Crippen molar-refractivity contribution in [1.82, 2.24) is 10.6 Å². The van der Waals surface area contributed by atoms with Gasteiger partial charge in [0.2, 0.25) is 5.91 Å². The van der Waals surface area contributed by atoms with Crippen LogP contribution in [-0.4, -0.2) is 25.1 Å². The maximum atomic E-state index is 13.1. The largest absolute Gasteiger partial charge is 0.492 e. The van der Waals surface area contributed by atoms with Gasteiger partial charge in [-0.3, -0.25) is 4.79 Å². The fourth-order valence-corrected chi connectivity index (χ4v) is 2.30. The van der Waals surface area contributed by atoms with Crippen molar-refractivity contribution in [2.45, 2.75) is 13.5 Å². The number of amides is 3. The minimum atomic E-state index is -0.500. The number of rotatable bonds is 7. The van der Waals surface area contributed by atoms with Crippen LogP contribution in [0.5, 0.6) is 5.75 Å². The summed E-state index contributed by atoms with van der Waals surface area (Å²) >= 11 is 5.69. The van der Waals surface area contributed by atoms with E-state index < -0.39 is 5.82 Å². The van der Waals surface area contributed by atoms with Crippen LogP contribution < -0.4 is 20.7 Å². The summed E-state index contributed by atoms with van der Waals surface area (Å²) in [5.74, 6) is -0.0815. The van der Waals surface area contributed by atoms with E-state index in [1.165, 1.54) is 19.1 Å². The van der Waals surface area contributed by atoms with E-state index in [9.17, 15) is 14.0 Å². The number of carbonyl (C=O) groups is 2. The molecule has 0 aliphatic heterocycles. The molecule has 0 saturated heterocycles. The zero-order valence-corrected chi connectivity index (χ0v) is 14.9. The smallest absolute Gasteiger partial charge is 0.315 e. The zero-order valence-electron chi connectivity index (χ0n) is 14.1. The molecule has 0 saturated carbocycles. The van der Waals surface area contributed by atoms with Crippen molar-refractivity contribution in [3.05, 3.63) is 58.9 Å². The summed E-state index contributed by atoms with van der Waals surface area (Å²) in [6, 6.07) is 10.8. The molecule has 8 heteroatoms. The number of anilines is 1. The predicted molar refractivity (Wildman–Crippen MR) is 97.9 cm³/mol. The van der Waals surface area contributed by atoms with Gasteiger partial charge in [0.05, 0.1) is 11.6 Å². The monoisotopic (exact) mass is 379 g/mol. The van der Waals surface area contributed by atoms with Gasteiger partial charge in [-0.05, 0) is 29.8 Å². The highest BCUT2D eigenvalue weighted by Crippen LogP contribution is 2.17. The normalized spacial score (nSPS) is 10.1. The Morgan fingerprint density at radius 3 is 2.69 bits per heavy atom. The van der Waals surface area contributed by atoms with Gasteiger partial charge < -0.3 is 20.7 Å². The Balaban J connectivity index is 1.68. The van der Waals surface area contributed by atoms with Crippen molar-refractivity contribution < 1.29 is 18.7 Å². The summed E-state index contributed by atoms with van der Waals surface area (Å²) in [6.45, 7) is 2.21. The van der Waals surface area contributed by atoms with Crippen LogP contribution in [0.15, 0.2) is 42.5 Å². The molecular weight excluding hydrogens is 361 g/mol. The first kappa shape index (κ1) is 19.5. The standard InChI is InChI=1S/C18H19ClFN3O3/c1-12(24)23-14-3-2-4-15(10-14)26-8-7-21-18(25)22-11-13-5-6-17(20)16(19)9-13/h2-6,9-10H,7-8,11H2,1H3,(H,23,24)(H2,21,22,25). The number of halogens is 2. The maximum Gasteiger partial charge on any atom is 0.315 e. The number of ether oxygens (including phenoxy) is 1. The third-order valence-corrected chi connectivity index (χ3v) is 3.54. The Morgan fingerprint density at radius 2 is 1.96 bits per heavy atom. The summed E-state index contributed by atoms with van der Waals surface area (Å²) in [7, 11) is 0. The van der Waals surface area contributed by atoms with Gasteiger partial charge in [-0.1, -0.05) is 23.7 Å². The maximum absolute atomic E-state index is 13.1. The van der Waals surface area contributed by atoms with E-state index in [0.29, 0.717) is 23.5 Å². The lowest BCUT2D eigenvalue weighted by Gasteiger charge is -2.10. The Hall–Kier alpha value is -2.80. The molecule has 6 nitrogen and oxygen atoms in total. The molecule has 0 radical (unpaired) electrons. The van der Waals surface area contributed by atoms with E-state index in [4.69, 9.17) is 16.3 Å². The number of hydrogen-bond acceptors (Lipinski definition) is 3. The van der Waals surface area contributed by atoms with Gasteiger partial charge >= 0.3 is 6.03 Å². The van der Waals surface area contributed by atoms with Crippen LogP contribution >= 0.6 is 11.6 Å². The van der Waals surface area contributed by atoms with Gasteiger partial charge in [0, 0.05) is 25.2 Å². The lowest BCUT2D eigenvalue weighted by atomic mass is 10.2. The molecule has 138 valence electrons. The Labute approximate surface area is 155 Å².